The number of hydrogen-bond acceptors (Lipinski definition) is 3. The van der Waals surface area contributed by atoms with Crippen molar-refractivity contribution in [2.24, 2.45) is 0 Å². The number of amides is 1. The summed E-state index contributed by atoms with van der Waals surface area (Å²) in [5, 5.41) is 6.59. The van der Waals surface area contributed by atoms with Crippen LogP contribution < -0.4 is 10.6 Å². The van der Waals surface area contributed by atoms with Crippen LogP contribution in [0.15, 0.2) is 49.3 Å². The Hall–Kier alpha value is -2.33. The zero-order valence-electron chi connectivity index (χ0n) is 11.7. The average molecular weight is 302 g/mol. The van der Waals surface area contributed by atoms with Gasteiger partial charge in [-0.2, -0.15) is 0 Å². The molecule has 4 nitrogen and oxygen atoms in total. The predicted molar refractivity (Wildman–Crippen MR) is 87.1 cm³/mol. The summed E-state index contributed by atoms with van der Waals surface area (Å²) < 4.78 is 0. The van der Waals surface area contributed by atoms with Gasteiger partial charge in [0.05, 0.1) is 11.3 Å². The van der Waals surface area contributed by atoms with E-state index in [1.165, 1.54) is 6.20 Å². The van der Waals surface area contributed by atoms with Crippen molar-refractivity contribution < 1.29 is 4.79 Å². The van der Waals surface area contributed by atoms with E-state index >= 15 is 0 Å². The number of anilines is 2. The number of benzene rings is 1. The zero-order chi connectivity index (χ0) is 15.2. The average Bonchev–Trinajstić information content (AvgIpc) is 2.48. The first kappa shape index (κ1) is 15.1. The Bertz CT molecular complexity index is 670. The van der Waals surface area contributed by atoms with E-state index in [9.17, 15) is 4.79 Å². The van der Waals surface area contributed by atoms with Crippen LogP contribution in [0.5, 0.6) is 0 Å². The maximum Gasteiger partial charge on any atom is 0.257 e. The normalized spacial score (nSPS) is 10.0. The van der Waals surface area contributed by atoms with Crippen LogP contribution in [-0.4, -0.2) is 17.4 Å². The van der Waals surface area contributed by atoms with E-state index in [2.05, 4.69) is 22.2 Å². The summed E-state index contributed by atoms with van der Waals surface area (Å²) in [7, 11) is 0. The standard InChI is InChI=1S/C16H16ClN3O/c1-3-6-19-14-8-12(9-18-10-14)16(21)20-15-5-4-13(17)7-11(15)2/h3-5,7-10,19H,1,6H2,2H3,(H,20,21). The Morgan fingerprint density at radius 2 is 2.19 bits per heavy atom. The van der Waals surface area contributed by atoms with E-state index in [-0.39, 0.29) is 5.91 Å². The first-order valence-electron chi connectivity index (χ1n) is 6.47. The lowest BCUT2D eigenvalue weighted by Crippen LogP contribution is -2.13. The molecule has 0 fully saturated rings. The number of rotatable bonds is 5. The van der Waals surface area contributed by atoms with E-state index in [1.807, 2.05) is 6.92 Å². The Balaban J connectivity index is 2.14. The van der Waals surface area contributed by atoms with Crippen LogP contribution in [0.3, 0.4) is 0 Å². The van der Waals surface area contributed by atoms with E-state index in [1.54, 1.807) is 36.5 Å². The summed E-state index contributed by atoms with van der Waals surface area (Å²) >= 11 is 5.90. The topological polar surface area (TPSA) is 54.0 Å². The Morgan fingerprint density at radius 3 is 2.90 bits per heavy atom. The molecule has 5 heteroatoms. The molecule has 21 heavy (non-hydrogen) atoms. The molecular weight excluding hydrogens is 286 g/mol. The molecule has 2 N–H and O–H groups in total. The molecule has 0 saturated heterocycles. The molecule has 0 saturated carbocycles. The minimum absolute atomic E-state index is 0.213. The third-order valence-corrected chi connectivity index (χ3v) is 3.12. The van der Waals surface area contributed by atoms with Gasteiger partial charge in [0.15, 0.2) is 0 Å². The van der Waals surface area contributed by atoms with Gasteiger partial charge in [-0.25, -0.2) is 0 Å². The predicted octanol–water partition coefficient (Wildman–Crippen LogP) is 3.89. The van der Waals surface area contributed by atoms with Crippen molar-refractivity contribution in [1.82, 2.24) is 4.98 Å². The van der Waals surface area contributed by atoms with Crippen LogP contribution in [0.2, 0.25) is 5.02 Å². The fraction of sp³-hybridized carbons (Fsp3) is 0.125. The van der Waals surface area contributed by atoms with Gasteiger partial charge in [-0.1, -0.05) is 17.7 Å². The molecule has 1 aromatic heterocycles. The van der Waals surface area contributed by atoms with Crippen molar-refractivity contribution in [1.29, 1.82) is 0 Å². The molecule has 0 spiro atoms. The highest BCUT2D eigenvalue weighted by molar-refractivity contribution is 6.30. The van der Waals surface area contributed by atoms with E-state index < -0.39 is 0 Å². The fourth-order valence-corrected chi connectivity index (χ4v) is 2.04. The van der Waals surface area contributed by atoms with Gasteiger partial charge < -0.3 is 10.6 Å². The Morgan fingerprint density at radius 1 is 1.38 bits per heavy atom. The molecule has 2 rings (SSSR count). The van der Waals surface area contributed by atoms with E-state index in [0.717, 1.165) is 16.9 Å². The second-order valence-electron chi connectivity index (χ2n) is 4.55. The van der Waals surface area contributed by atoms with Crippen molar-refractivity contribution in [2.45, 2.75) is 6.92 Å². The lowest BCUT2D eigenvalue weighted by molar-refractivity contribution is 0.102. The second kappa shape index (κ2) is 6.90. The highest BCUT2D eigenvalue weighted by atomic mass is 35.5. The number of hydrogen-bond donors (Lipinski definition) is 2. The fourth-order valence-electron chi connectivity index (χ4n) is 1.81. The summed E-state index contributed by atoms with van der Waals surface area (Å²) in [4.78, 5) is 16.3. The second-order valence-corrected chi connectivity index (χ2v) is 4.98. The van der Waals surface area contributed by atoms with Crippen LogP contribution in [-0.2, 0) is 0 Å². The van der Waals surface area contributed by atoms with Crippen molar-refractivity contribution in [3.63, 3.8) is 0 Å². The summed E-state index contributed by atoms with van der Waals surface area (Å²) in [6.45, 7) is 6.14. The first-order chi connectivity index (χ1) is 10.1. The number of carbonyl (C=O) groups is 1. The van der Waals surface area contributed by atoms with Gasteiger partial charge in [0.25, 0.3) is 5.91 Å². The third kappa shape index (κ3) is 4.07. The summed E-state index contributed by atoms with van der Waals surface area (Å²) in [5.41, 5.74) is 2.90. The lowest BCUT2D eigenvalue weighted by Gasteiger charge is -2.09. The highest BCUT2D eigenvalue weighted by Gasteiger charge is 2.09. The summed E-state index contributed by atoms with van der Waals surface area (Å²) in [5.74, 6) is -0.213. The molecule has 0 aliphatic rings. The van der Waals surface area contributed by atoms with Crippen molar-refractivity contribution in [3.05, 3.63) is 65.5 Å². The molecule has 2 aromatic rings. The first-order valence-corrected chi connectivity index (χ1v) is 6.85. The third-order valence-electron chi connectivity index (χ3n) is 2.89. The maximum absolute atomic E-state index is 12.2. The summed E-state index contributed by atoms with van der Waals surface area (Å²) in [6.07, 6.45) is 4.93. The molecule has 1 amide bonds. The van der Waals surface area contributed by atoms with Crippen LogP contribution >= 0.6 is 11.6 Å². The Labute approximate surface area is 128 Å². The van der Waals surface area contributed by atoms with Crippen molar-refractivity contribution in [2.75, 3.05) is 17.2 Å². The summed E-state index contributed by atoms with van der Waals surface area (Å²) in [6, 6.07) is 7.07. The van der Waals surface area contributed by atoms with E-state index in [0.29, 0.717) is 17.1 Å². The van der Waals surface area contributed by atoms with E-state index in [4.69, 9.17) is 11.6 Å². The van der Waals surface area contributed by atoms with Crippen LogP contribution in [0, 0.1) is 6.92 Å². The smallest absolute Gasteiger partial charge is 0.257 e. The minimum Gasteiger partial charge on any atom is -0.380 e. The number of nitrogens with one attached hydrogen (secondary N) is 2. The Kier molecular flexibility index (Phi) is 4.95. The molecule has 0 radical (unpaired) electrons. The maximum atomic E-state index is 12.2. The monoisotopic (exact) mass is 301 g/mol. The van der Waals surface area contributed by atoms with Gasteiger partial charge in [0, 0.05) is 29.6 Å². The van der Waals surface area contributed by atoms with Crippen molar-refractivity contribution in [3.8, 4) is 0 Å². The molecule has 0 aliphatic carbocycles. The quantitative estimate of drug-likeness (QED) is 0.824. The molecular formula is C16H16ClN3O. The van der Waals surface area contributed by atoms with Gasteiger partial charge in [-0.05, 0) is 36.8 Å². The molecule has 0 aliphatic heterocycles. The van der Waals surface area contributed by atoms with Gasteiger partial charge >= 0.3 is 0 Å². The molecule has 0 atom stereocenters. The SMILES string of the molecule is C=CCNc1cncc(C(=O)Nc2ccc(Cl)cc2C)c1. The van der Waals surface area contributed by atoms with Gasteiger partial charge in [0.1, 0.15) is 0 Å². The van der Waals surface area contributed by atoms with Gasteiger partial charge in [0.2, 0.25) is 0 Å². The molecule has 1 heterocycles. The molecule has 0 unspecified atom stereocenters. The number of halogens is 1. The number of aromatic nitrogens is 1. The highest BCUT2D eigenvalue weighted by Crippen LogP contribution is 2.20. The number of carbonyl (C=O) groups excluding carboxylic acids is 1. The van der Waals surface area contributed by atoms with Gasteiger partial charge in [-0.3, -0.25) is 9.78 Å². The largest absolute Gasteiger partial charge is 0.380 e. The number of aryl methyl sites for hydroxylation is 1. The molecule has 108 valence electrons. The van der Waals surface area contributed by atoms with Crippen LogP contribution in [0.25, 0.3) is 0 Å². The van der Waals surface area contributed by atoms with Crippen molar-refractivity contribution >= 4 is 28.9 Å². The zero-order valence-corrected chi connectivity index (χ0v) is 12.4. The number of pyridine rings is 1. The minimum atomic E-state index is -0.213. The van der Waals surface area contributed by atoms with Crippen LogP contribution in [0.4, 0.5) is 11.4 Å². The van der Waals surface area contributed by atoms with Gasteiger partial charge in [-0.15, -0.1) is 6.58 Å². The lowest BCUT2D eigenvalue weighted by atomic mass is 10.2. The number of nitrogens with zero attached hydrogens (tertiary/aromatic N) is 1. The van der Waals surface area contributed by atoms with Crippen LogP contribution in [0.1, 0.15) is 15.9 Å². The molecule has 0 bridgehead atoms. The molecule has 1 aromatic carbocycles.